The van der Waals surface area contributed by atoms with Crippen LogP contribution >= 0.6 is 0 Å². The van der Waals surface area contributed by atoms with E-state index in [1.807, 2.05) is 0 Å². The normalized spacial score (nSPS) is 43.8. The number of ketones is 1. The van der Waals surface area contributed by atoms with Crippen molar-refractivity contribution in [3.63, 3.8) is 0 Å². The molecule has 2 atom stereocenters. The summed E-state index contributed by atoms with van der Waals surface area (Å²) in [7, 11) is 0. The Hall–Kier alpha value is -1.30. The summed E-state index contributed by atoms with van der Waals surface area (Å²) in [4.78, 5) is 12.4. The van der Waals surface area contributed by atoms with Crippen LogP contribution in [0.4, 0.5) is 4.39 Å². The van der Waals surface area contributed by atoms with Crippen molar-refractivity contribution in [3.8, 4) is 0 Å². The monoisotopic (exact) mass is 263 g/mol. The molecule has 5 rings (SSSR count). The Labute approximate surface area is 109 Å². The lowest BCUT2D eigenvalue weighted by molar-refractivity contribution is -0.929. The molecule has 0 unspecified atom stereocenters. The van der Waals surface area contributed by atoms with Crippen molar-refractivity contribution in [1.82, 2.24) is 0 Å². The summed E-state index contributed by atoms with van der Waals surface area (Å²) in [6.45, 7) is 0.808. The molecule has 0 radical (unpaired) electrons. The van der Waals surface area contributed by atoms with Crippen molar-refractivity contribution in [2.75, 3.05) is 13.1 Å². The Morgan fingerprint density at radius 2 is 2.00 bits per heavy atom. The summed E-state index contributed by atoms with van der Waals surface area (Å²) in [6, 6.07) is 6.21. The maximum Gasteiger partial charge on any atom is 0.296 e. The van der Waals surface area contributed by atoms with Crippen molar-refractivity contribution in [1.29, 1.82) is 0 Å². The quantitative estimate of drug-likeness (QED) is 0.442. The SMILES string of the molecule is O=C1C2CC[N+]([O-])(CC2)[C@]12O[C@@H]2c1ccccc1F. The number of Topliss-reactive ketones (excluding diaryl/α,β-unsaturated/α-hetero) is 1. The average molecular weight is 263 g/mol. The number of quaternary nitrogens is 1. The average Bonchev–Trinajstić information content (AvgIpc) is 3.14. The van der Waals surface area contributed by atoms with E-state index < -0.39 is 22.3 Å². The van der Waals surface area contributed by atoms with Gasteiger partial charge in [0.15, 0.2) is 6.10 Å². The fourth-order valence-electron chi connectivity index (χ4n) is 3.68. The van der Waals surface area contributed by atoms with Gasteiger partial charge in [-0.05, 0) is 6.07 Å². The van der Waals surface area contributed by atoms with Gasteiger partial charge in [-0.25, -0.2) is 4.39 Å². The van der Waals surface area contributed by atoms with E-state index in [0.29, 0.717) is 31.5 Å². The number of ether oxygens (including phenoxy) is 1. The lowest BCUT2D eigenvalue weighted by Crippen LogP contribution is -2.68. The first-order valence-electron chi connectivity index (χ1n) is 6.63. The zero-order valence-electron chi connectivity index (χ0n) is 10.3. The maximum atomic E-state index is 13.8. The van der Waals surface area contributed by atoms with Gasteiger partial charge in [0.25, 0.3) is 5.72 Å². The standard InChI is InChI=1S/C14H14FNO3/c15-11-4-2-1-3-10(11)13-14(19-13)12(17)9-5-7-16(14,18)8-6-9/h1-4,9,13H,5-8H2/t9?,13-,14+,16?/m1/s1. The van der Waals surface area contributed by atoms with Gasteiger partial charge in [-0.15, -0.1) is 0 Å². The molecule has 1 aromatic carbocycles. The molecule has 0 N–H and O–H groups in total. The molecule has 4 heterocycles. The minimum absolute atomic E-state index is 0.0780. The van der Waals surface area contributed by atoms with E-state index in [0.717, 1.165) is 0 Å². The molecule has 19 heavy (non-hydrogen) atoms. The van der Waals surface area contributed by atoms with E-state index in [2.05, 4.69) is 0 Å². The minimum atomic E-state index is -1.34. The number of fused-ring (bicyclic) bond motifs is 2. The zero-order chi connectivity index (χ0) is 13.3. The minimum Gasteiger partial charge on any atom is -0.630 e. The molecule has 2 bridgehead atoms. The van der Waals surface area contributed by atoms with Gasteiger partial charge in [0, 0.05) is 24.3 Å². The highest BCUT2D eigenvalue weighted by atomic mass is 19.1. The number of nitrogens with zero attached hydrogens (tertiary/aromatic N) is 1. The molecule has 4 aliphatic heterocycles. The molecule has 4 fully saturated rings. The van der Waals surface area contributed by atoms with Crippen LogP contribution < -0.4 is 0 Å². The van der Waals surface area contributed by atoms with Gasteiger partial charge in [0.05, 0.1) is 13.1 Å². The van der Waals surface area contributed by atoms with Gasteiger partial charge in [0.2, 0.25) is 5.78 Å². The Bertz CT molecular complexity index is 568. The Morgan fingerprint density at radius 1 is 1.32 bits per heavy atom. The second-order valence-electron chi connectivity index (χ2n) is 5.69. The highest BCUT2D eigenvalue weighted by Crippen LogP contribution is 2.61. The van der Waals surface area contributed by atoms with E-state index in [1.165, 1.54) is 6.07 Å². The molecule has 5 heteroatoms. The molecule has 1 spiro atoms. The first-order valence-corrected chi connectivity index (χ1v) is 6.63. The number of rotatable bonds is 1. The molecule has 4 saturated heterocycles. The largest absolute Gasteiger partial charge is 0.630 e. The summed E-state index contributed by atoms with van der Waals surface area (Å²) in [6.07, 6.45) is 0.566. The summed E-state index contributed by atoms with van der Waals surface area (Å²) in [5.74, 6) is -0.606. The van der Waals surface area contributed by atoms with Gasteiger partial charge >= 0.3 is 0 Å². The van der Waals surface area contributed by atoms with Crippen molar-refractivity contribution in [3.05, 3.63) is 40.9 Å². The predicted molar refractivity (Wildman–Crippen MR) is 64.0 cm³/mol. The number of halogens is 1. The number of epoxide rings is 1. The van der Waals surface area contributed by atoms with Crippen molar-refractivity contribution in [2.45, 2.75) is 24.7 Å². The van der Waals surface area contributed by atoms with E-state index >= 15 is 0 Å². The van der Waals surface area contributed by atoms with Crippen LogP contribution in [0.25, 0.3) is 0 Å². The third kappa shape index (κ3) is 1.25. The predicted octanol–water partition coefficient (Wildman–Crippen LogP) is 1.90. The van der Waals surface area contributed by atoms with E-state index in [1.54, 1.807) is 18.2 Å². The number of hydroxylamine groups is 3. The molecule has 0 aromatic heterocycles. The van der Waals surface area contributed by atoms with E-state index in [9.17, 15) is 14.4 Å². The number of piperidine rings is 3. The molecular formula is C14H14FNO3. The molecular weight excluding hydrogens is 249 g/mol. The van der Waals surface area contributed by atoms with Crippen LogP contribution in [0.2, 0.25) is 0 Å². The Morgan fingerprint density at radius 3 is 2.63 bits per heavy atom. The fourth-order valence-corrected chi connectivity index (χ4v) is 3.68. The second kappa shape index (κ2) is 3.42. The van der Waals surface area contributed by atoms with Crippen molar-refractivity contribution in [2.24, 2.45) is 5.92 Å². The molecule has 100 valence electrons. The topological polar surface area (TPSA) is 52.7 Å². The molecule has 0 aliphatic carbocycles. The van der Waals surface area contributed by atoms with Gasteiger partial charge in [0.1, 0.15) is 5.82 Å². The molecule has 4 aliphatic rings. The lowest BCUT2D eigenvalue weighted by atomic mass is 9.79. The van der Waals surface area contributed by atoms with Crippen LogP contribution in [-0.2, 0) is 9.53 Å². The third-order valence-electron chi connectivity index (χ3n) is 4.79. The van der Waals surface area contributed by atoms with Crippen molar-refractivity contribution < 1.29 is 18.6 Å². The molecule has 0 amide bonds. The lowest BCUT2D eigenvalue weighted by Gasteiger charge is -2.55. The molecule has 1 aromatic rings. The third-order valence-corrected chi connectivity index (χ3v) is 4.79. The Kier molecular flexibility index (Phi) is 2.07. The van der Waals surface area contributed by atoms with Gasteiger partial charge < -0.3 is 9.85 Å². The van der Waals surface area contributed by atoms with Crippen LogP contribution in [0, 0.1) is 16.9 Å². The summed E-state index contributed by atoms with van der Waals surface area (Å²) < 4.78 is 18.7. The van der Waals surface area contributed by atoms with Crippen LogP contribution in [0.1, 0.15) is 24.5 Å². The molecule has 4 nitrogen and oxygen atoms in total. The number of carbonyl (C=O) groups excluding carboxylic acids is 1. The first-order chi connectivity index (χ1) is 9.08. The fraction of sp³-hybridized carbons (Fsp3) is 0.500. The number of carbonyl (C=O) groups is 1. The van der Waals surface area contributed by atoms with Gasteiger partial charge in [-0.2, -0.15) is 0 Å². The van der Waals surface area contributed by atoms with E-state index in [4.69, 9.17) is 4.74 Å². The van der Waals surface area contributed by atoms with Crippen LogP contribution in [0.5, 0.6) is 0 Å². The van der Waals surface area contributed by atoms with Gasteiger partial charge in [-0.3, -0.25) is 9.53 Å². The summed E-state index contributed by atoms with van der Waals surface area (Å²) in [5, 5.41) is 12.8. The summed E-state index contributed by atoms with van der Waals surface area (Å²) >= 11 is 0. The van der Waals surface area contributed by atoms with Crippen LogP contribution in [0.3, 0.4) is 0 Å². The smallest absolute Gasteiger partial charge is 0.296 e. The Balaban J connectivity index is 1.77. The first kappa shape index (κ1) is 11.5. The van der Waals surface area contributed by atoms with Crippen molar-refractivity contribution >= 4 is 5.78 Å². The maximum absolute atomic E-state index is 13.8. The second-order valence-corrected chi connectivity index (χ2v) is 5.69. The highest BCUT2D eigenvalue weighted by Gasteiger charge is 2.78. The van der Waals surface area contributed by atoms with E-state index in [-0.39, 0.29) is 11.7 Å². The summed E-state index contributed by atoms with van der Waals surface area (Å²) in [5.41, 5.74) is -1.01. The molecule has 0 saturated carbocycles. The number of hydrogen-bond donors (Lipinski definition) is 0. The van der Waals surface area contributed by atoms with Crippen LogP contribution in [0.15, 0.2) is 24.3 Å². The highest BCUT2D eigenvalue weighted by molar-refractivity contribution is 5.92. The number of benzene rings is 1. The number of hydrogen-bond acceptors (Lipinski definition) is 3. The van der Waals surface area contributed by atoms with Crippen LogP contribution in [-0.4, -0.2) is 29.2 Å². The zero-order valence-corrected chi connectivity index (χ0v) is 10.3. The van der Waals surface area contributed by atoms with Gasteiger partial charge in [-0.1, -0.05) is 18.2 Å².